The number of urea groups is 1. The Morgan fingerprint density at radius 1 is 0.971 bits per heavy atom. The Bertz CT molecular complexity index is 1320. The monoisotopic (exact) mass is 455 g/mol. The van der Waals surface area contributed by atoms with E-state index in [-0.39, 0.29) is 5.57 Å². The van der Waals surface area contributed by atoms with Gasteiger partial charge in [0.25, 0.3) is 11.8 Å². The van der Waals surface area contributed by atoms with Gasteiger partial charge in [0.1, 0.15) is 5.57 Å². The number of anilines is 1. The third-order valence-corrected chi connectivity index (χ3v) is 6.56. The van der Waals surface area contributed by atoms with E-state index >= 15 is 0 Å². The molecular weight excluding hydrogens is 426 g/mol. The lowest BCUT2D eigenvalue weighted by atomic mass is 9.98. The van der Waals surface area contributed by atoms with Crippen LogP contribution < -0.4 is 10.2 Å². The molecule has 2 heterocycles. The Balaban J connectivity index is 1.72. The lowest BCUT2D eigenvalue weighted by Gasteiger charge is -2.26. The predicted octanol–water partition coefficient (Wildman–Crippen LogP) is 5.58. The number of carbonyl (C=O) groups excluding carboxylic acids is 3. The van der Waals surface area contributed by atoms with Gasteiger partial charge in [-0.15, -0.1) is 0 Å². The number of carbonyl (C=O) groups is 3. The number of aromatic nitrogens is 1. The van der Waals surface area contributed by atoms with Crippen molar-refractivity contribution in [1.82, 2.24) is 9.88 Å². The van der Waals surface area contributed by atoms with Crippen molar-refractivity contribution < 1.29 is 14.4 Å². The number of nitrogens with one attached hydrogen (secondary N) is 1. The van der Waals surface area contributed by atoms with E-state index in [2.05, 4.69) is 23.7 Å². The highest BCUT2D eigenvalue weighted by molar-refractivity contribution is 6.39. The molecule has 0 radical (unpaired) electrons. The summed E-state index contributed by atoms with van der Waals surface area (Å²) in [5, 5.41) is 2.31. The number of hydrogen-bond donors (Lipinski definition) is 1. The third kappa shape index (κ3) is 4.07. The number of imide groups is 2. The Morgan fingerprint density at radius 3 is 2.29 bits per heavy atom. The molecule has 1 N–H and O–H groups in total. The van der Waals surface area contributed by atoms with Crippen LogP contribution >= 0.6 is 0 Å². The Morgan fingerprint density at radius 2 is 1.65 bits per heavy atom. The van der Waals surface area contributed by atoms with E-state index in [9.17, 15) is 14.4 Å². The second-order valence-corrected chi connectivity index (χ2v) is 8.81. The van der Waals surface area contributed by atoms with Gasteiger partial charge < -0.3 is 4.57 Å². The molecule has 0 bridgehead atoms. The quantitative estimate of drug-likeness (QED) is 0.403. The number of aryl methyl sites for hydroxylation is 2. The summed E-state index contributed by atoms with van der Waals surface area (Å²) in [7, 11) is 0. The minimum atomic E-state index is -0.742. The van der Waals surface area contributed by atoms with Gasteiger partial charge in [-0.1, -0.05) is 44.2 Å². The Labute approximate surface area is 199 Å². The van der Waals surface area contributed by atoms with Crippen LogP contribution in [-0.2, 0) is 9.59 Å². The van der Waals surface area contributed by atoms with E-state index in [0.717, 1.165) is 45.1 Å². The zero-order valence-electron chi connectivity index (χ0n) is 20.2. The largest absolute Gasteiger partial charge is 0.335 e. The SMILES string of the molecule is CC[C@H](C)c1ccc(N2C(=O)NC(=O)/C(=C/c3cc(C)n(-c4ccccc4C)c3C)C2=O)cc1. The first-order chi connectivity index (χ1) is 16.2. The molecule has 4 rings (SSSR count). The summed E-state index contributed by atoms with van der Waals surface area (Å²) in [4.78, 5) is 39.6. The van der Waals surface area contributed by atoms with Crippen molar-refractivity contribution in [2.45, 2.75) is 47.0 Å². The summed E-state index contributed by atoms with van der Waals surface area (Å²) >= 11 is 0. The van der Waals surface area contributed by atoms with E-state index in [0.29, 0.717) is 11.6 Å². The fourth-order valence-electron chi connectivity index (χ4n) is 4.35. The molecule has 6 nitrogen and oxygen atoms in total. The van der Waals surface area contributed by atoms with Gasteiger partial charge in [0.2, 0.25) is 0 Å². The van der Waals surface area contributed by atoms with Crippen LogP contribution in [0, 0.1) is 20.8 Å². The lowest BCUT2D eigenvalue weighted by Crippen LogP contribution is -2.54. The number of amides is 4. The van der Waals surface area contributed by atoms with Crippen molar-refractivity contribution >= 4 is 29.6 Å². The predicted molar refractivity (Wildman–Crippen MR) is 134 cm³/mol. The maximum Gasteiger partial charge on any atom is 0.335 e. The van der Waals surface area contributed by atoms with Crippen LogP contribution in [-0.4, -0.2) is 22.4 Å². The molecule has 4 amide bonds. The van der Waals surface area contributed by atoms with Crippen LogP contribution in [0.5, 0.6) is 0 Å². The standard InChI is InChI=1S/C28H29N3O3/c1-6-17(2)21-11-13-23(14-12-21)31-27(33)24(26(32)29-28(31)34)16-22-15-19(4)30(20(22)5)25-10-8-7-9-18(25)3/h7-17H,6H2,1-5H3,(H,29,32,34)/b24-16-/t17-/m0/s1. The number of para-hydroxylation sites is 1. The Hall–Kier alpha value is -3.93. The molecular formula is C28H29N3O3. The molecule has 34 heavy (non-hydrogen) atoms. The van der Waals surface area contributed by atoms with E-state index in [1.54, 1.807) is 18.2 Å². The molecule has 3 aromatic rings. The van der Waals surface area contributed by atoms with Crippen LogP contribution in [0.2, 0.25) is 0 Å². The second-order valence-electron chi connectivity index (χ2n) is 8.81. The van der Waals surface area contributed by atoms with Crippen LogP contribution in [0.1, 0.15) is 54.3 Å². The summed E-state index contributed by atoms with van der Waals surface area (Å²) in [6, 6.07) is 16.6. The number of rotatable bonds is 5. The van der Waals surface area contributed by atoms with E-state index in [1.807, 2.05) is 63.2 Å². The molecule has 1 saturated heterocycles. The van der Waals surface area contributed by atoms with Gasteiger partial charge in [0.15, 0.2) is 0 Å². The molecule has 1 aliphatic rings. The van der Waals surface area contributed by atoms with E-state index in [4.69, 9.17) is 0 Å². The van der Waals surface area contributed by atoms with Crippen LogP contribution in [0.15, 0.2) is 60.2 Å². The average Bonchev–Trinajstić information content (AvgIpc) is 3.09. The molecule has 1 aliphatic heterocycles. The fraction of sp³-hybridized carbons (Fsp3) is 0.250. The minimum Gasteiger partial charge on any atom is -0.318 e. The van der Waals surface area contributed by atoms with Crippen molar-refractivity contribution in [2.24, 2.45) is 0 Å². The molecule has 1 fully saturated rings. The number of barbiturate groups is 1. The highest BCUT2D eigenvalue weighted by atomic mass is 16.2. The normalized spacial score (nSPS) is 16.2. The molecule has 6 heteroatoms. The van der Waals surface area contributed by atoms with Crippen molar-refractivity contribution in [3.63, 3.8) is 0 Å². The molecule has 0 spiro atoms. The van der Waals surface area contributed by atoms with Gasteiger partial charge in [-0.2, -0.15) is 0 Å². The summed E-state index contributed by atoms with van der Waals surface area (Å²) in [6.07, 6.45) is 2.56. The summed E-state index contributed by atoms with van der Waals surface area (Å²) in [5.74, 6) is -0.950. The maximum absolute atomic E-state index is 13.3. The van der Waals surface area contributed by atoms with Crippen LogP contribution in [0.25, 0.3) is 11.8 Å². The van der Waals surface area contributed by atoms with Crippen molar-refractivity contribution in [3.05, 3.63) is 88.2 Å². The first-order valence-electron chi connectivity index (χ1n) is 11.5. The van der Waals surface area contributed by atoms with Crippen molar-refractivity contribution in [2.75, 3.05) is 4.90 Å². The summed E-state index contributed by atoms with van der Waals surface area (Å²) < 4.78 is 2.10. The minimum absolute atomic E-state index is 0.0735. The van der Waals surface area contributed by atoms with Gasteiger partial charge in [-0.05, 0) is 80.1 Å². The molecule has 0 saturated carbocycles. The fourth-order valence-corrected chi connectivity index (χ4v) is 4.35. The second kappa shape index (κ2) is 9.14. The third-order valence-electron chi connectivity index (χ3n) is 6.56. The molecule has 2 aromatic carbocycles. The average molecular weight is 456 g/mol. The number of nitrogens with zero attached hydrogens (tertiary/aromatic N) is 2. The zero-order chi connectivity index (χ0) is 24.6. The van der Waals surface area contributed by atoms with Crippen LogP contribution in [0.3, 0.4) is 0 Å². The van der Waals surface area contributed by atoms with Gasteiger partial charge in [0, 0.05) is 17.1 Å². The molecule has 1 aromatic heterocycles. The van der Waals surface area contributed by atoms with Crippen molar-refractivity contribution in [1.29, 1.82) is 0 Å². The van der Waals surface area contributed by atoms with E-state index < -0.39 is 17.8 Å². The number of hydrogen-bond acceptors (Lipinski definition) is 3. The topological polar surface area (TPSA) is 71.4 Å². The Kier molecular flexibility index (Phi) is 6.24. The maximum atomic E-state index is 13.3. The van der Waals surface area contributed by atoms with Crippen molar-refractivity contribution in [3.8, 4) is 5.69 Å². The number of benzene rings is 2. The molecule has 0 unspecified atom stereocenters. The molecule has 0 aliphatic carbocycles. The van der Waals surface area contributed by atoms with Gasteiger partial charge >= 0.3 is 6.03 Å². The lowest BCUT2D eigenvalue weighted by molar-refractivity contribution is -0.122. The van der Waals surface area contributed by atoms with E-state index in [1.165, 1.54) is 0 Å². The molecule has 174 valence electrons. The first-order valence-corrected chi connectivity index (χ1v) is 11.5. The smallest absolute Gasteiger partial charge is 0.318 e. The molecule has 1 atom stereocenters. The highest BCUT2D eigenvalue weighted by Crippen LogP contribution is 2.28. The van der Waals surface area contributed by atoms with Crippen LogP contribution in [0.4, 0.5) is 10.5 Å². The van der Waals surface area contributed by atoms with Gasteiger partial charge in [-0.25, -0.2) is 9.69 Å². The van der Waals surface area contributed by atoms with Gasteiger partial charge in [-0.3, -0.25) is 14.9 Å². The summed E-state index contributed by atoms with van der Waals surface area (Å²) in [6.45, 7) is 10.2. The van der Waals surface area contributed by atoms with Gasteiger partial charge in [0.05, 0.1) is 5.69 Å². The summed E-state index contributed by atoms with van der Waals surface area (Å²) in [5.41, 5.74) is 6.28. The first kappa shape index (κ1) is 23.2. The zero-order valence-corrected chi connectivity index (χ0v) is 20.2. The highest BCUT2D eigenvalue weighted by Gasteiger charge is 2.37.